The predicted molar refractivity (Wildman–Crippen MR) is 130 cm³/mol. The molecular weight excluding hydrogens is 361 g/mol. The molecule has 4 rings (SSSR count). The van der Waals surface area contributed by atoms with E-state index >= 15 is 0 Å². The molecule has 0 bridgehead atoms. The van der Waals surface area contributed by atoms with E-state index in [-0.39, 0.29) is 0 Å². The molecule has 3 heteroatoms. The summed E-state index contributed by atoms with van der Waals surface area (Å²) in [5.41, 5.74) is 4.98. The summed E-state index contributed by atoms with van der Waals surface area (Å²) in [5, 5.41) is 0. The SMILES string of the molecule is [BH2-](P(C1CCCCC1)C1CCCCC1)P(C1CCCCC1)C1CCCCC1. The molecule has 0 radical (unpaired) electrons. The smallest absolute Gasteiger partial charge is 0.0231 e. The van der Waals surface area contributed by atoms with Crippen molar-refractivity contribution in [1.82, 2.24) is 0 Å². The van der Waals surface area contributed by atoms with Crippen LogP contribution in [-0.4, -0.2) is 29.4 Å². The van der Waals surface area contributed by atoms with Gasteiger partial charge in [0.2, 0.25) is 0 Å². The van der Waals surface area contributed by atoms with E-state index in [0.29, 0.717) is 22.3 Å². The highest BCUT2D eigenvalue weighted by Gasteiger charge is 2.32. The minimum absolute atomic E-state index is 0.349. The van der Waals surface area contributed by atoms with Crippen LogP contribution in [0.3, 0.4) is 0 Å². The molecule has 0 heterocycles. The Bertz CT molecular complexity index is 331. The van der Waals surface area contributed by atoms with E-state index < -0.39 is 0 Å². The lowest BCUT2D eigenvalue weighted by atomic mass is 9.99. The van der Waals surface area contributed by atoms with Gasteiger partial charge in [0.05, 0.1) is 0 Å². The maximum absolute atomic E-state index is 1.66. The van der Waals surface area contributed by atoms with Crippen molar-refractivity contribution in [1.29, 1.82) is 0 Å². The Hall–Kier alpha value is 0.925. The van der Waals surface area contributed by atoms with Gasteiger partial charge >= 0.3 is 0 Å². The van der Waals surface area contributed by atoms with Gasteiger partial charge in [-0.25, -0.2) is 0 Å². The van der Waals surface area contributed by atoms with Gasteiger partial charge in [0.1, 0.15) is 0 Å². The Morgan fingerprint density at radius 1 is 0.333 bits per heavy atom. The van der Waals surface area contributed by atoms with E-state index in [1.54, 1.807) is 128 Å². The van der Waals surface area contributed by atoms with Gasteiger partial charge in [-0.3, -0.25) is 15.6 Å². The van der Waals surface area contributed by atoms with Crippen LogP contribution in [0.25, 0.3) is 0 Å². The standard InChI is InChI=1S/C24H46BP2/c1-5-13-21(14-6-1)26(22-15-7-2-8-16-22)25-27(23-17-9-3-10-18-23)24-19-11-4-12-20-24/h21-24H,1-20,25H2/q-1. The molecule has 0 aromatic heterocycles. The van der Waals surface area contributed by atoms with Crippen LogP contribution in [0.2, 0.25) is 0 Å². The third kappa shape index (κ3) is 5.97. The summed E-state index contributed by atoms with van der Waals surface area (Å²) in [6, 6.07) is 0. The van der Waals surface area contributed by atoms with Crippen molar-refractivity contribution in [3.63, 3.8) is 0 Å². The molecular formula is C24H46BP2-. The monoisotopic (exact) mass is 407 g/mol. The second kappa shape index (κ2) is 11.4. The second-order valence-corrected chi connectivity index (χ2v) is 17.9. The average molecular weight is 407 g/mol. The summed E-state index contributed by atoms with van der Waals surface area (Å²) in [6.45, 7) is 0.349. The fourth-order valence-corrected chi connectivity index (χ4v) is 20.7. The van der Waals surface area contributed by atoms with E-state index in [0.717, 1.165) is 0 Å². The third-order valence-corrected chi connectivity index (χ3v) is 19.4. The summed E-state index contributed by atoms with van der Waals surface area (Å²) in [5.74, 6) is 0. The topological polar surface area (TPSA) is 0 Å². The van der Waals surface area contributed by atoms with E-state index in [9.17, 15) is 0 Å². The molecule has 4 aliphatic carbocycles. The van der Waals surface area contributed by atoms with Gasteiger partial charge in [-0.15, -0.1) is 0 Å². The summed E-state index contributed by atoms with van der Waals surface area (Å²) in [4.78, 5) is 0. The van der Waals surface area contributed by atoms with E-state index in [1.807, 2.05) is 0 Å². The van der Waals surface area contributed by atoms with E-state index in [4.69, 9.17) is 0 Å². The van der Waals surface area contributed by atoms with E-state index in [1.165, 1.54) is 22.6 Å². The van der Waals surface area contributed by atoms with Gasteiger partial charge in [-0.1, -0.05) is 99.7 Å². The maximum Gasteiger partial charge on any atom is 0.0231 e. The van der Waals surface area contributed by atoms with Crippen molar-refractivity contribution in [2.45, 2.75) is 151 Å². The van der Waals surface area contributed by atoms with Crippen LogP contribution < -0.4 is 0 Å². The first-order valence-electron chi connectivity index (χ1n) is 13.2. The zero-order valence-electron chi connectivity index (χ0n) is 18.3. The number of hydrogen-bond donors (Lipinski definition) is 0. The number of hydrogen-bond acceptors (Lipinski definition) is 0. The minimum Gasteiger partial charge on any atom is -0.272 e. The van der Waals surface area contributed by atoms with Crippen molar-refractivity contribution in [2.24, 2.45) is 0 Å². The molecule has 4 fully saturated rings. The fourth-order valence-electron chi connectivity index (χ4n) is 7.47. The molecule has 0 amide bonds. The lowest BCUT2D eigenvalue weighted by Crippen LogP contribution is -2.28. The second-order valence-electron chi connectivity index (χ2n) is 10.7. The Labute approximate surface area is 173 Å². The Balaban J connectivity index is 1.49. The van der Waals surface area contributed by atoms with Crippen molar-refractivity contribution in [2.75, 3.05) is 0 Å². The van der Waals surface area contributed by atoms with Gasteiger partial charge in [-0.2, -0.15) is 0 Å². The van der Waals surface area contributed by atoms with Crippen LogP contribution >= 0.6 is 15.6 Å². The number of rotatable bonds is 6. The van der Waals surface area contributed by atoms with E-state index in [2.05, 4.69) is 0 Å². The maximum atomic E-state index is 1.66. The first-order chi connectivity index (χ1) is 13.4. The molecule has 27 heavy (non-hydrogen) atoms. The zero-order chi connectivity index (χ0) is 18.3. The highest BCUT2D eigenvalue weighted by Crippen LogP contribution is 2.65. The quantitative estimate of drug-likeness (QED) is 0.307. The van der Waals surface area contributed by atoms with Crippen LogP contribution in [0, 0.1) is 0 Å². The molecule has 0 aromatic carbocycles. The van der Waals surface area contributed by atoms with Crippen molar-refractivity contribution in [3.8, 4) is 0 Å². The average Bonchev–Trinajstić information content (AvgIpc) is 2.77. The highest BCUT2D eigenvalue weighted by molar-refractivity contribution is 8.15. The first kappa shape index (κ1) is 21.2. The van der Waals surface area contributed by atoms with Crippen LogP contribution in [0.5, 0.6) is 0 Å². The Morgan fingerprint density at radius 3 is 0.778 bits per heavy atom. The summed E-state index contributed by atoms with van der Waals surface area (Å²) >= 11 is 0. The zero-order valence-corrected chi connectivity index (χ0v) is 20.1. The summed E-state index contributed by atoms with van der Waals surface area (Å²) < 4.78 is 0. The molecule has 0 spiro atoms. The molecule has 0 aromatic rings. The van der Waals surface area contributed by atoms with Crippen molar-refractivity contribution in [3.05, 3.63) is 0 Å². The Morgan fingerprint density at radius 2 is 0.556 bits per heavy atom. The molecule has 0 atom stereocenters. The van der Waals surface area contributed by atoms with Crippen LogP contribution in [0.1, 0.15) is 128 Å². The van der Waals surface area contributed by atoms with Gasteiger partial charge in [0.15, 0.2) is 0 Å². The molecule has 0 saturated heterocycles. The predicted octanol–water partition coefficient (Wildman–Crippen LogP) is 8.28. The lowest BCUT2D eigenvalue weighted by molar-refractivity contribution is 0.486. The molecule has 156 valence electrons. The summed E-state index contributed by atoms with van der Waals surface area (Å²) in [7, 11) is 0.936. The molecule has 0 nitrogen and oxygen atoms in total. The first-order valence-corrected chi connectivity index (χ1v) is 17.0. The lowest BCUT2D eigenvalue weighted by Gasteiger charge is -2.51. The van der Waals surface area contributed by atoms with Crippen molar-refractivity contribution < 1.29 is 0 Å². The molecule has 4 saturated carbocycles. The van der Waals surface area contributed by atoms with Gasteiger partial charge in [0.25, 0.3) is 0 Å². The fraction of sp³-hybridized carbons (Fsp3) is 1.00. The van der Waals surface area contributed by atoms with Gasteiger partial charge in [-0.05, 0) is 51.4 Å². The van der Waals surface area contributed by atoms with Crippen LogP contribution in [-0.2, 0) is 0 Å². The Kier molecular flexibility index (Phi) is 8.90. The largest absolute Gasteiger partial charge is 0.272 e. The molecule has 4 aliphatic rings. The van der Waals surface area contributed by atoms with Crippen LogP contribution in [0.4, 0.5) is 0 Å². The molecule has 0 aliphatic heterocycles. The molecule has 0 unspecified atom stereocenters. The normalized spacial score (nSPS) is 28.2. The third-order valence-electron chi connectivity index (χ3n) is 9.06. The summed E-state index contributed by atoms with van der Waals surface area (Å²) in [6.07, 6.45) is 32.2. The van der Waals surface area contributed by atoms with Gasteiger partial charge in [0, 0.05) is 6.72 Å². The minimum atomic E-state index is 0.349. The molecule has 0 N–H and O–H groups in total. The van der Waals surface area contributed by atoms with Crippen molar-refractivity contribution >= 4 is 22.3 Å². The van der Waals surface area contributed by atoms with Gasteiger partial charge < -0.3 is 0 Å². The van der Waals surface area contributed by atoms with Crippen LogP contribution in [0.15, 0.2) is 0 Å². The highest BCUT2D eigenvalue weighted by atomic mass is 31.2.